The van der Waals surface area contributed by atoms with Gasteiger partial charge in [0.15, 0.2) is 0 Å². The fourth-order valence-corrected chi connectivity index (χ4v) is 4.54. The van der Waals surface area contributed by atoms with Crippen molar-refractivity contribution < 1.29 is 20.1 Å². The predicted molar refractivity (Wildman–Crippen MR) is 85.6 cm³/mol. The summed E-state index contributed by atoms with van der Waals surface area (Å²) in [6.07, 6.45) is 3.27. The average molecular weight is 315 g/mol. The molecule has 2 rings (SSSR count). The topological polar surface area (TPSA) is 73.2 Å². The molecule has 0 saturated heterocycles. The minimum absolute atomic E-state index is 0.0319. The van der Waals surface area contributed by atoms with Crippen molar-refractivity contribution in [3.63, 3.8) is 0 Å². The standard InChI is InChI=1S/C17H33NO4/c1-16(2)13-4-5-17(16,3)15(10-13)22-12-14(21)11-18(6-8-19)7-9-20/h13-15,19-21H,4-12H2,1-3H3/t13-,14-,15-,17+/m1/s1. The fraction of sp³-hybridized carbons (Fsp3) is 1.00. The summed E-state index contributed by atoms with van der Waals surface area (Å²) >= 11 is 0. The maximum absolute atomic E-state index is 10.2. The van der Waals surface area contributed by atoms with Crippen LogP contribution in [0.1, 0.15) is 40.0 Å². The van der Waals surface area contributed by atoms with E-state index in [0.717, 1.165) is 12.3 Å². The molecule has 0 aromatic rings. The number of rotatable bonds is 9. The summed E-state index contributed by atoms with van der Waals surface area (Å²) in [5.41, 5.74) is 0.537. The Morgan fingerprint density at radius 1 is 1.18 bits per heavy atom. The van der Waals surface area contributed by atoms with Gasteiger partial charge < -0.3 is 20.1 Å². The van der Waals surface area contributed by atoms with Gasteiger partial charge in [-0.15, -0.1) is 0 Å². The van der Waals surface area contributed by atoms with Gasteiger partial charge in [-0.1, -0.05) is 20.8 Å². The molecule has 4 atom stereocenters. The number of hydrogen-bond donors (Lipinski definition) is 3. The summed E-state index contributed by atoms with van der Waals surface area (Å²) in [5.74, 6) is 0.736. The maximum Gasteiger partial charge on any atom is 0.0900 e. The Labute approximate surface area is 134 Å². The monoisotopic (exact) mass is 315 g/mol. The third kappa shape index (κ3) is 3.34. The van der Waals surface area contributed by atoms with Gasteiger partial charge in [-0.2, -0.15) is 0 Å². The highest BCUT2D eigenvalue weighted by Gasteiger charge is 2.61. The zero-order chi connectivity index (χ0) is 16.4. The van der Waals surface area contributed by atoms with Gasteiger partial charge >= 0.3 is 0 Å². The molecule has 0 unspecified atom stereocenters. The van der Waals surface area contributed by atoms with Crippen LogP contribution in [0.2, 0.25) is 0 Å². The van der Waals surface area contributed by atoms with E-state index in [0.29, 0.717) is 31.7 Å². The molecule has 0 aliphatic heterocycles. The molecular weight excluding hydrogens is 282 g/mol. The number of aliphatic hydroxyl groups is 3. The zero-order valence-corrected chi connectivity index (χ0v) is 14.3. The maximum atomic E-state index is 10.2. The molecule has 22 heavy (non-hydrogen) atoms. The highest BCUT2D eigenvalue weighted by atomic mass is 16.5. The Kier molecular flexibility index (Phi) is 5.89. The van der Waals surface area contributed by atoms with Crippen molar-refractivity contribution in [2.45, 2.75) is 52.2 Å². The SMILES string of the molecule is CC1(C)[C@@H]2CC[C@@]1(C)[C@H](OC[C@H](O)CN(CCO)CCO)C2. The van der Waals surface area contributed by atoms with Crippen molar-refractivity contribution >= 4 is 0 Å². The molecule has 2 aliphatic carbocycles. The van der Waals surface area contributed by atoms with Crippen LogP contribution >= 0.6 is 0 Å². The third-order valence-corrected chi connectivity index (χ3v) is 6.51. The molecule has 0 aromatic carbocycles. The van der Waals surface area contributed by atoms with Crippen LogP contribution in [-0.4, -0.2) is 71.9 Å². The Morgan fingerprint density at radius 2 is 1.82 bits per heavy atom. The van der Waals surface area contributed by atoms with Gasteiger partial charge in [0, 0.05) is 19.6 Å². The van der Waals surface area contributed by atoms with Crippen molar-refractivity contribution in [2.75, 3.05) is 39.5 Å². The smallest absolute Gasteiger partial charge is 0.0900 e. The zero-order valence-electron chi connectivity index (χ0n) is 14.3. The quantitative estimate of drug-likeness (QED) is 0.589. The van der Waals surface area contributed by atoms with Crippen LogP contribution in [0.15, 0.2) is 0 Å². The fourth-order valence-electron chi connectivity index (χ4n) is 4.54. The van der Waals surface area contributed by atoms with E-state index in [1.807, 2.05) is 4.90 Å². The van der Waals surface area contributed by atoms with Crippen LogP contribution in [0.4, 0.5) is 0 Å². The van der Waals surface area contributed by atoms with E-state index in [-0.39, 0.29) is 24.7 Å². The molecule has 0 spiro atoms. The lowest BCUT2D eigenvalue weighted by Crippen LogP contribution is -2.41. The first-order valence-corrected chi connectivity index (χ1v) is 8.59. The minimum Gasteiger partial charge on any atom is -0.395 e. The molecule has 2 bridgehead atoms. The molecule has 0 heterocycles. The molecule has 2 saturated carbocycles. The van der Waals surface area contributed by atoms with Crippen LogP contribution in [0.3, 0.4) is 0 Å². The van der Waals surface area contributed by atoms with E-state index in [2.05, 4.69) is 20.8 Å². The van der Waals surface area contributed by atoms with Crippen LogP contribution in [0.5, 0.6) is 0 Å². The van der Waals surface area contributed by atoms with Crippen molar-refractivity contribution in [3.05, 3.63) is 0 Å². The third-order valence-electron chi connectivity index (χ3n) is 6.51. The van der Waals surface area contributed by atoms with Gasteiger partial charge in [-0.05, 0) is 36.0 Å². The van der Waals surface area contributed by atoms with Crippen LogP contribution in [-0.2, 0) is 4.74 Å². The second-order valence-corrected chi connectivity index (χ2v) is 7.83. The summed E-state index contributed by atoms with van der Waals surface area (Å²) in [7, 11) is 0. The van der Waals surface area contributed by atoms with Crippen molar-refractivity contribution in [3.8, 4) is 0 Å². The molecule has 3 N–H and O–H groups in total. The van der Waals surface area contributed by atoms with Crippen molar-refractivity contribution in [1.82, 2.24) is 4.90 Å². The van der Waals surface area contributed by atoms with Crippen LogP contribution in [0, 0.1) is 16.7 Å². The average Bonchev–Trinajstić information content (AvgIpc) is 2.78. The number of fused-ring (bicyclic) bond motifs is 2. The van der Waals surface area contributed by atoms with Crippen molar-refractivity contribution in [1.29, 1.82) is 0 Å². The van der Waals surface area contributed by atoms with Crippen molar-refractivity contribution in [2.24, 2.45) is 16.7 Å². The molecule has 5 nitrogen and oxygen atoms in total. The Balaban J connectivity index is 1.81. The first kappa shape index (κ1) is 18.1. The molecule has 2 aliphatic rings. The first-order valence-electron chi connectivity index (χ1n) is 8.59. The Bertz CT molecular complexity index is 357. The highest BCUT2D eigenvalue weighted by molar-refractivity contribution is 5.11. The molecule has 0 amide bonds. The largest absolute Gasteiger partial charge is 0.395 e. The van der Waals surface area contributed by atoms with E-state index in [1.165, 1.54) is 12.8 Å². The second kappa shape index (κ2) is 7.14. The molecule has 0 radical (unpaired) electrons. The molecule has 5 heteroatoms. The number of hydrogen-bond acceptors (Lipinski definition) is 5. The minimum atomic E-state index is -0.580. The summed E-state index contributed by atoms with van der Waals surface area (Å²) in [4.78, 5) is 1.86. The first-order chi connectivity index (χ1) is 10.3. The lowest BCUT2D eigenvalue weighted by Gasteiger charge is -2.39. The van der Waals surface area contributed by atoms with Gasteiger partial charge in [0.05, 0.1) is 32.0 Å². The summed E-state index contributed by atoms with van der Waals surface area (Å²) < 4.78 is 6.09. The van der Waals surface area contributed by atoms with E-state index in [1.54, 1.807) is 0 Å². The lowest BCUT2D eigenvalue weighted by molar-refractivity contribution is -0.0800. The van der Waals surface area contributed by atoms with E-state index < -0.39 is 6.10 Å². The van der Waals surface area contributed by atoms with E-state index >= 15 is 0 Å². The van der Waals surface area contributed by atoms with Gasteiger partial charge in [0.1, 0.15) is 0 Å². The van der Waals surface area contributed by atoms with Crippen LogP contribution < -0.4 is 0 Å². The van der Waals surface area contributed by atoms with Gasteiger partial charge in [-0.25, -0.2) is 0 Å². The summed E-state index contributed by atoms with van der Waals surface area (Å²) in [6.45, 7) is 8.80. The summed E-state index contributed by atoms with van der Waals surface area (Å²) in [5, 5.41) is 28.2. The predicted octanol–water partition coefficient (Wildman–Crippen LogP) is 0.865. The second-order valence-electron chi connectivity index (χ2n) is 7.83. The lowest BCUT2D eigenvalue weighted by atomic mass is 9.70. The molecular formula is C17H33NO4. The summed E-state index contributed by atoms with van der Waals surface area (Å²) in [6, 6.07) is 0. The number of ether oxygens (including phenoxy) is 1. The van der Waals surface area contributed by atoms with Crippen LogP contribution in [0.25, 0.3) is 0 Å². The van der Waals surface area contributed by atoms with Gasteiger partial charge in [0.2, 0.25) is 0 Å². The van der Waals surface area contributed by atoms with E-state index in [9.17, 15) is 5.11 Å². The molecule has 2 fully saturated rings. The Hall–Kier alpha value is -0.200. The van der Waals surface area contributed by atoms with Gasteiger partial charge in [-0.3, -0.25) is 4.90 Å². The van der Waals surface area contributed by atoms with Gasteiger partial charge in [0.25, 0.3) is 0 Å². The Morgan fingerprint density at radius 3 is 2.27 bits per heavy atom. The highest BCUT2D eigenvalue weighted by Crippen LogP contribution is 2.66. The number of aliphatic hydroxyl groups excluding tert-OH is 3. The normalized spacial score (nSPS) is 34.5. The van der Waals surface area contributed by atoms with E-state index in [4.69, 9.17) is 14.9 Å². The molecule has 0 aromatic heterocycles. The number of nitrogens with zero attached hydrogens (tertiary/aromatic N) is 1. The molecule has 130 valence electrons.